The van der Waals surface area contributed by atoms with Crippen molar-refractivity contribution in [3.63, 3.8) is 0 Å². The molecule has 0 atom stereocenters. The second-order valence-electron chi connectivity index (χ2n) is 4.08. The monoisotopic (exact) mass is 311 g/mol. The fourth-order valence-corrected chi connectivity index (χ4v) is 2.15. The number of aromatic amines is 1. The van der Waals surface area contributed by atoms with Gasteiger partial charge in [0.1, 0.15) is 11.6 Å². The Labute approximate surface area is 123 Å². The number of rotatable bonds is 3. The molecule has 8 heteroatoms. The summed E-state index contributed by atoms with van der Waals surface area (Å²) < 4.78 is 13.1. The third kappa shape index (κ3) is 2.52. The van der Waals surface area contributed by atoms with Crippen molar-refractivity contribution in [1.29, 1.82) is 0 Å². The summed E-state index contributed by atoms with van der Waals surface area (Å²) in [6, 6.07) is 4.52. The summed E-state index contributed by atoms with van der Waals surface area (Å²) in [5, 5.41) is 10.6. The predicted octanol–water partition coefficient (Wildman–Crippen LogP) is 3.41. The topological polar surface area (TPSA) is 66.5 Å². The van der Waals surface area contributed by atoms with Crippen LogP contribution in [0.2, 0.25) is 10.3 Å². The fourth-order valence-electron chi connectivity index (χ4n) is 1.78. The normalized spacial score (nSPS) is 10.9. The van der Waals surface area contributed by atoms with E-state index in [1.54, 1.807) is 18.3 Å². The molecule has 0 unspecified atom stereocenters. The van der Waals surface area contributed by atoms with E-state index in [0.29, 0.717) is 18.0 Å². The van der Waals surface area contributed by atoms with Crippen LogP contribution in [-0.2, 0) is 6.54 Å². The maximum absolute atomic E-state index is 13.1. The van der Waals surface area contributed by atoms with Crippen LogP contribution in [0.15, 0.2) is 24.4 Å². The molecule has 1 aromatic carbocycles. The molecule has 3 rings (SSSR count). The zero-order valence-electron chi connectivity index (χ0n) is 9.99. The molecule has 0 aliphatic carbocycles. The molecule has 5 nitrogen and oxygen atoms in total. The lowest BCUT2D eigenvalue weighted by Crippen LogP contribution is -2.03. The minimum Gasteiger partial charge on any atom is -0.365 e. The number of H-pyrrole nitrogens is 1. The van der Waals surface area contributed by atoms with Gasteiger partial charge >= 0.3 is 0 Å². The Morgan fingerprint density at radius 3 is 2.90 bits per heavy atom. The van der Waals surface area contributed by atoms with Crippen molar-refractivity contribution in [2.45, 2.75) is 6.54 Å². The Hall–Kier alpha value is -1.92. The van der Waals surface area contributed by atoms with Gasteiger partial charge in [-0.2, -0.15) is 15.1 Å². The number of aromatic nitrogens is 4. The molecule has 102 valence electrons. The van der Waals surface area contributed by atoms with Gasteiger partial charge < -0.3 is 5.32 Å². The number of benzene rings is 1. The second kappa shape index (κ2) is 5.22. The van der Waals surface area contributed by atoms with Gasteiger partial charge in [0, 0.05) is 6.54 Å². The van der Waals surface area contributed by atoms with Crippen LogP contribution in [0, 0.1) is 5.82 Å². The minimum atomic E-state index is -0.447. The fraction of sp³-hybridized carbons (Fsp3) is 0.0833. The molecule has 0 radical (unpaired) electrons. The molecule has 0 spiro atoms. The van der Waals surface area contributed by atoms with E-state index in [1.807, 2.05) is 0 Å². The van der Waals surface area contributed by atoms with Crippen LogP contribution in [0.3, 0.4) is 0 Å². The van der Waals surface area contributed by atoms with E-state index in [-0.39, 0.29) is 10.3 Å². The van der Waals surface area contributed by atoms with Crippen molar-refractivity contribution in [2.75, 3.05) is 5.32 Å². The highest BCUT2D eigenvalue weighted by atomic mass is 35.5. The molecule has 0 aliphatic heterocycles. The summed E-state index contributed by atoms with van der Waals surface area (Å²) in [6.45, 7) is 0.424. The summed E-state index contributed by atoms with van der Waals surface area (Å²) in [5.41, 5.74) is 1.37. The predicted molar refractivity (Wildman–Crippen MR) is 75.4 cm³/mol. The number of hydrogen-bond acceptors (Lipinski definition) is 4. The average Bonchev–Trinajstić information content (AvgIpc) is 2.88. The first-order valence-electron chi connectivity index (χ1n) is 5.68. The molecular weight excluding hydrogens is 304 g/mol. The van der Waals surface area contributed by atoms with Gasteiger partial charge in [0.2, 0.25) is 5.28 Å². The molecule has 0 bridgehead atoms. The number of fused-ring (bicyclic) bond motifs is 1. The smallest absolute Gasteiger partial charge is 0.226 e. The maximum atomic E-state index is 13.1. The average molecular weight is 312 g/mol. The summed E-state index contributed by atoms with van der Waals surface area (Å²) in [5.74, 6) is 0.104. The molecule has 3 aromatic rings. The van der Waals surface area contributed by atoms with Crippen molar-refractivity contribution in [3.8, 4) is 0 Å². The Balaban J connectivity index is 1.86. The Bertz CT molecular complexity index is 774. The Kier molecular flexibility index (Phi) is 3.42. The number of nitrogens with one attached hydrogen (secondary N) is 2. The zero-order chi connectivity index (χ0) is 14.1. The molecule has 0 saturated carbocycles. The van der Waals surface area contributed by atoms with Crippen LogP contribution in [0.1, 0.15) is 5.56 Å². The minimum absolute atomic E-state index is 0.0819. The quantitative estimate of drug-likeness (QED) is 0.727. The molecular formula is C12H8Cl2FN5. The number of hydrogen-bond donors (Lipinski definition) is 2. The van der Waals surface area contributed by atoms with Gasteiger partial charge in [0.05, 0.1) is 16.6 Å². The molecule has 0 amide bonds. The Morgan fingerprint density at radius 2 is 2.10 bits per heavy atom. The van der Waals surface area contributed by atoms with Crippen LogP contribution in [0.5, 0.6) is 0 Å². The van der Waals surface area contributed by atoms with Gasteiger partial charge in [-0.25, -0.2) is 4.39 Å². The van der Waals surface area contributed by atoms with Crippen LogP contribution < -0.4 is 5.32 Å². The highest BCUT2D eigenvalue weighted by Crippen LogP contribution is 2.21. The van der Waals surface area contributed by atoms with Crippen LogP contribution in [0.25, 0.3) is 11.0 Å². The maximum Gasteiger partial charge on any atom is 0.226 e. The molecule has 0 fully saturated rings. The second-order valence-corrected chi connectivity index (χ2v) is 4.82. The van der Waals surface area contributed by atoms with Gasteiger partial charge in [-0.15, -0.1) is 0 Å². The van der Waals surface area contributed by atoms with Gasteiger partial charge in [0.25, 0.3) is 0 Å². The summed E-state index contributed by atoms with van der Waals surface area (Å²) >= 11 is 11.6. The summed E-state index contributed by atoms with van der Waals surface area (Å²) in [4.78, 5) is 8.11. The molecule has 2 heterocycles. The molecule has 2 N–H and O–H groups in total. The number of anilines is 1. The van der Waals surface area contributed by atoms with Gasteiger partial charge in [0.15, 0.2) is 5.65 Å². The standard InChI is InChI=1S/C12H8Cl2FN5/c13-8-3-6(1-2-9(8)15)4-16-10-7-5-17-20-11(7)19-12(14)18-10/h1-3,5H,4H2,(H2,16,17,18,19,20). The van der Waals surface area contributed by atoms with Crippen LogP contribution in [-0.4, -0.2) is 20.2 Å². The zero-order valence-corrected chi connectivity index (χ0v) is 11.5. The largest absolute Gasteiger partial charge is 0.365 e. The van der Waals surface area contributed by atoms with E-state index in [0.717, 1.165) is 10.9 Å². The van der Waals surface area contributed by atoms with Crippen molar-refractivity contribution < 1.29 is 4.39 Å². The Morgan fingerprint density at radius 1 is 1.25 bits per heavy atom. The lowest BCUT2D eigenvalue weighted by Gasteiger charge is -2.07. The first kappa shape index (κ1) is 13.1. The lowest BCUT2D eigenvalue weighted by molar-refractivity contribution is 0.627. The third-order valence-corrected chi connectivity index (χ3v) is 3.19. The van der Waals surface area contributed by atoms with Crippen molar-refractivity contribution >= 4 is 40.1 Å². The number of halogens is 3. The lowest BCUT2D eigenvalue weighted by atomic mass is 10.2. The van der Waals surface area contributed by atoms with Crippen molar-refractivity contribution in [1.82, 2.24) is 20.2 Å². The molecule has 0 aliphatic rings. The summed E-state index contributed by atoms with van der Waals surface area (Å²) in [7, 11) is 0. The van der Waals surface area contributed by atoms with Gasteiger partial charge in [-0.3, -0.25) is 5.10 Å². The van der Waals surface area contributed by atoms with E-state index in [4.69, 9.17) is 23.2 Å². The van der Waals surface area contributed by atoms with E-state index >= 15 is 0 Å². The van der Waals surface area contributed by atoms with E-state index in [2.05, 4.69) is 25.5 Å². The number of nitrogens with zero attached hydrogens (tertiary/aromatic N) is 3. The highest BCUT2D eigenvalue weighted by Gasteiger charge is 2.08. The van der Waals surface area contributed by atoms with E-state index in [9.17, 15) is 4.39 Å². The van der Waals surface area contributed by atoms with Crippen LogP contribution >= 0.6 is 23.2 Å². The first-order chi connectivity index (χ1) is 9.63. The van der Waals surface area contributed by atoms with Gasteiger partial charge in [-0.05, 0) is 29.3 Å². The third-order valence-electron chi connectivity index (χ3n) is 2.73. The summed E-state index contributed by atoms with van der Waals surface area (Å²) in [6.07, 6.45) is 1.60. The molecule has 20 heavy (non-hydrogen) atoms. The molecule has 0 saturated heterocycles. The SMILES string of the molecule is Fc1ccc(CNc2nc(Cl)nc3[nH]ncc23)cc1Cl. The van der Waals surface area contributed by atoms with Crippen molar-refractivity contribution in [3.05, 3.63) is 46.1 Å². The molecule has 2 aromatic heterocycles. The van der Waals surface area contributed by atoms with Gasteiger partial charge in [-0.1, -0.05) is 17.7 Å². The van der Waals surface area contributed by atoms with E-state index < -0.39 is 5.82 Å². The van der Waals surface area contributed by atoms with Crippen molar-refractivity contribution in [2.24, 2.45) is 0 Å². The first-order valence-corrected chi connectivity index (χ1v) is 6.43. The highest BCUT2D eigenvalue weighted by molar-refractivity contribution is 6.30. The van der Waals surface area contributed by atoms with Crippen LogP contribution in [0.4, 0.5) is 10.2 Å². The van der Waals surface area contributed by atoms with E-state index in [1.165, 1.54) is 6.07 Å².